The zero-order chi connectivity index (χ0) is 16.4. The quantitative estimate of drug-likeness (QED) is 0.827. The van der Waals surface area contributed by atoms with E-state index in [2.05, 4.69) is 31.6 Å². The molecule has 2 aliphatic heterocycles. The lowest BCUT2D eigenvalue weighted by atomic mass is 10.0. The second-order valence-corrected chi connectivity index (χ2v) is 7.50. The number of nitrogens with zero attached hydrogens (tertiary/aromatic N) is 4. The Kier molecular flexibility index (Phi) is 7.88. The topological polar surface area (TPSA) is 61.4 Å². The third-order valence-corrected chi connectivity index (χ3v) is 5.92. The van der Waals surface area contributed by atoms with Crippen molar-refractivity contribution in [3.05, 3.63) is 17.8 Å². The van der Waals surface area contributed by atoms with Crippen LogP contribution in [0.4, 0.5) is 5.82 Å². The van der Waals surface area contributed by atoms with E-state index in [1.54, 1.807) is 17.7 Å². The number of anilines is 1. The van der Waals surface area contributed by atoms with Crippen LogP contribution in [0, 0.1) is 5.92 Å². The van der Waals surface area contributed by atoms with E-state index in [0.29, 0.717) is 18.2 Å². The molecule has 4 rings (SSSR count). The first-order valence-corrected chi connectivity index (χ1v) is 9.61. The Bertz CT molecular complexity index is 714. The van der Waals surface area contributed by atoms with E-state index >= 15 is 0 Å². The molecule has 26 heavy (non-hydrogen) atoms. The highest BCUT2D eigenvalue weighted by Gasteiger charge is 2.24. The second-order valence-electron chi connectivity index (χ2n) is 6.60. The van der Waals surface area contributed by atoms with E-state index in [4.69, 9.17) is 0 Å². The van der Waals surface area contributed by atoms with Crippen molar-refractivity contribution in [1.82, 2.24) is 20.2 Å². The van der Waals surface area contributed by atoms with Gasteiger partial charge in [-0.3, -0.25) is 4.79 Å². The lowest BCUT2D eigenvalue weighted by molar-refractivity contribution is -0.131. The minimum Gasteiger partial charge on any atom is -0.352 e. The monoisotopic (exact) mass is 417 g/mol. The second kappa shape index (κ2) is 9.69. The molecule has 9 heteroatoms. The number of piperazine rings is 1. The van der Waals surface area contributed by atoms with Gasteiger partial charge in [-0.05, 0) is 43.3 Å². The molecule has 0 spiro atoms. The smallest absolute Gasteiger partial charge is 0.222 e. The van der Waals surface area contributed by atoms with Crippen molar-refractivity contribution < 1.29 is 4.79 Å². The van der Waals surface area contributed by atoms with Gasteiger partial charge in [0, 0.05) is 32.6 Å². The lowest BCUT2D eigenvalue weighted by Gasteiger charge is -2.35. The number of carbonyl (C=O) groups excluding carboxylic acids is 1. The van der Waals surface area contributed by atoms with Gasteiger partial charge in [0.15, 0.2) is 0 Å². The fourth-order valence-corrected chi connectivity index (χ4v) is 4.37. The zero-order valence-electron chi connectivity index (χ0n) is 14.6. The van der Waals surface area contributed by atoms with Crippen LogP contribution in [0.3, 0.4) is 0 Å². The largest absolute Gasteiger partial charge is 0.352 e. The number of carbonyl (C=O) groups is 1. The Labute approximate surface area is 170 Å². The molecule has 2 aromatic heterocycles. The van der Waals surface area contributed by atoms with E-state index in [1.165, 1.54) is 6.42 Å². The average molecular weight is 418 g/mol. The van der Waals surface area contributed by atoms with E-state index in [1.807, 2.05) is 4.90 Å². The number of amides is 1. The third-order valence-electron chi connectivity index (χ3n) is 5.10. The van der Waals surface area contributed by atoms with Crippen molar-refractivity contribution in [1.29, 1.82) is 0 Å². The third kappa shape index (κ3) is 4.57. The number of halogens is 2. The summed E-state index contributed by atoms with van der Waals surface area (Å²) in [5, 5.41) is 6.55. The normalized spacial score (nSPS) is 19.9. The minimum absolute atomic E-state index is 0. The Morgan fingerprint density at radius 3 is 2.77 bits per heavy atom. The molecule has 1 N–H and O–H groups in total. The Hall–Kier alpha value is -1.15. The van der Waals surface area contributed by atoms with Gasteiger partial charge in [0.2, 0.25) is 5.91 Å². The van der Waals surface area contributed by atoms with Crippen molar-refractivity contribution in [2.75, 3.05) is 44.2 Å². The van der Waals surface area contributed by atoms with Crippen LogP contribution < -0.4 is 10.2 Å². The number of thiophene rings is 1. The van der Waals surface area contributed by atoms with Crippen LogP contribution >= 0.6 is 36.2 Å². The Morgan fingerprint density at radius 2 is 2.04 bits per heavy atom. The maximum absolute atomic E-state index is 12.4. The lowest BCUT2D eigenvalue weighted by Crippen LogP contribution is -2.49. The van der Waals surface area contributed by atoms with Crippen LogP contribution in [-0.2, 0) is 4.79 Å². The molecule has 1 unspecified atom stereocenters. The number of rotatable bonds is 4. The SMILES string of the molecule is Cl.Cl.O=C(CCC1CCNC1)N1CCN(c2ncnc3sccc23)CC1. The number of nitrogens with one attached hydrogen (secondary N) is 1. The summed E-state index contributed by atoms with van der Waals surface area (Å²) in [5.74, 6) is 2.00. The molecule has 6 nitrogen and oxygen atoms in total. The maximum Gasteiger partial charge on any atom is 0.222 e. The van der Waals surface area contributed by atoms with Crippen LogP contribution in [0.1, 0.15) is 19.3 Å². The van der Waals surface area contributed by atoms with Gasteiger partial charge in [-0.25, -0.2) is 9.97 Å². The maximum atomic E-state index is 12.4. The molecule has 2 aliphatic rings. The summed E-state index contributed by atoms with van der Waals surface area (Å²) in [6, 6.07) is 2.09. The van der Waals surface area contributed by atoms with Crippen molar-refractivity contribution in [3.8, 4) is 0 Å². The van der Waals surface area contributed by atoms with Crippen LogP contribution in [0.2, 0.25) is 0 Å². The molecule has 1 atom stereocenters. The van der Waals surface area contributed by atoms with E-state index in [0.717, 1.165) is 61.7 Å². The van der Waals surface area contributed by atoms with Crippen molar-refractivity contribution in [2.24, 2.45) is 5.92 Å². The summed E-state index contributed by atoms with van der Waals surface area (Å²) >= 11 is 1.64. The fraction of sp³-hybridized carbons (Fsp3) is 0.588. The van der Waals surface area contributed by atoms with E-state index < -0.39 is 0 Å². The van der Waals surface area contributed by atoms with Crippen LogP contribution in [0.15, 0.2) is 17.8 Å². The summed E-state index contributed by atoms with van der Waals surface area (Å²) in [5.41, 5.74) is 0. The summed E-state index contributed by atoms with van der Waals surface area (Å²) in [7, 11) is 0. The zero-order valence-corrected chi connectivity index (χ0v) is 17.0. The summed E-state index contributed by atoms with van der Waals surface area (Å²) in [6.45, 7) is 5.45. The van der Waals surface area contributed by atoms with Crippen molar-refractivity contribution >= 4 is 58.1 Å². The Balaban J connectivity index is 0.00000121. The van der Waals surface area contributed by atoms with Gasteiger partial charge < -0.3 is 15.1 Å². The highest BCUT2D eigenvalue weighted by atomic mass is 35.5. The van der Waals surface area contributed by atoms with Gasteiger partial charge in [-0.1, -0.05) is 0 Å². The molecule has 0 bridgehead atoms. The Morgan fingerprint density at radius 1 is 1.23 bits per heavy atom. The standard InChI is InChI=1S/C17H23N5OS.2ClH/c23-15(2-1-13-3-5-18-11-13)21-6-8-22(9-7-21)16-14-4-10-24-17(14)20-12-19-16;;/h4,10,12-13,18H,1-3,5-9,11H2;2*1H. The number of hydrogen-bond donors (Lipinski definition) is 1. The van der Waals surface area contributed by atoms with E-state index in [9.17, 15) is 4.79 Å². The molecule has 2 saturated heterocycles. The van der Waals surface area contributed by atoms with Gasteiger partial charge in [-0.2, -0.15) is 0 Å². The fourth-order valence-electron chi connectivity index (χ4n) is 3.64. The molecular formula is C17H25Cl2N5OS. The van der Waals surface area contributed by atoms with E-state index in [-0.39, 0.29) is 24.8 Å². The van der Waals surface area contributed by atoms with Crippen LogP contribution in [0.25, 0.3) is 10.2 Å². The highest BCUT2D eigenvalue weighted by molar-refractivity contribution is 7.16. The molecular weight excluding hydrogens is 393 g/mol. The molecule has 0 aromatic carbocycles. The predicted octanol–water partition coefficient (Wildman–Crippen LogP) is 2.57. The summed E-state index contributed by atoms with van der Waals surface area (Å²) in [4.78, 5) is 26.5. The summed E-state index contributed by atoms with van der Waals surface area (Å²) < 4.78 is 0. The van der Waals surface area contributed by atoms with Crippen molar-refractivity contribution in [2.45, 2.75) is 19.3 Å². The summed E-state index contributed by atoms with van der Waals surface area (Å²) in [6.07, 6.45) is 4.56. The van der Waals surface area contributed by atoms with Gasteiger partial charge in [-0.15, -0.1) is 36.2 Å². The molecule has 2 fully saturated rings. The van der Waals surface area contributed by atoms with Crippen LogP contribution in [-0.4, -0.2) is 60.0 Å². The minimum atomic E-state index is 0. The van der Waals surface area contributed by atoms with Gasteiger partial charge >= 0.3 is 0 Å². The molecule has 0 radical (unpaired) electrons. The molecule has 1 amide bonds. The van der Waals surface area contributed by atoms with Gasteiger partial charge in [0.25, 0.3) is 0 Å². The molecule has 0 saturated carbocycles. The molecule has 0 aliphatic carbocycles. The first-order valence-electron chi connectivity index (χ1n) is 8.73. The van der Waals surface area contributed by atoms with Crippen molar-refractivity contribution in [3.63, 3.8) is 0 Å². The first kappa shape index (κ1) is 21.2. The highest BCUT2D eigenvalue weighted by Crippen LogP contribution is 2.27. The first-order chi connectivity index (χ1) is 11.8. The average Bonchev–Trinajstić information content (AvgIpc) is 3.31. The van der Waals surface area contributed by atoms with Gasteiger partial charge in [0.1, 0.15) is 17.0 Å². The predicted molar refractivity (Wildman–Crippen MR) is 111 cm³/mol. The molecule has 144 valence electrons. The molecule has 4 heterocycles. The van der Waals surface area contributed by atoms with Crippen LogP contribution in [0.5, 0.6) is 0 Å². The molecule has 2 aromatic rings. The number of hydrogen-bond acceptors (Lipinski definition) is 6. The van der Waals surface area contributed by atoms with Gasteiger partial charge in [0.05, 0.1) is 5.39 Å². The number of aromatic nitrogens is 2. The number of fused-ring (bicyclic) bond motifs is 1.